The second-order valence-electron chi connectivity index (χ2n) is 7.84. The van der Waals surface area contributed by atoms with Gasteiger partial charge in [0.1, 0.15) is 5.82 Å². The number of rotatable bonds is 3. The van der Waals surface area contributed by atoms with E-state index in [2.05, 4.69) is 35.7 Å². The lowest BCUT2D eigenvalue weighted by Gasteiger charge is -2.16. The highest BCUT2D eigenvalue weighted by Crippen LogP contribution is 2.25. The summed E-state index contributed by atoms with van der Waals surface area (Å²) in [5.41, 5.74) is 3.96. The van der Waals surface area contributed by atoms with Gasteiger partial charge in [-0.1, -0.05) is 32.9 Å². The van der Waals surface area contributed by atoms with E-state index < -0.39 is 0 Å². The highest BCUT2D eigenvalue weighted by atomic mass is 16.2. The zero-order valence-electron chi connectivity index (χ0n) is 15.4. The zero-order valence-corrected chi connectivity index (χ0v) is 15.4. The third-order valence-electron chi connectivity index (χ3n) is 4.77. The summed E-state index contributed by atoms with van der Waals surface area (Å²) < 4.78 is 2.04. The van der Waals surface area contributed by atoms with E-state index in [0.717, 1.165) is 28.1 Å². The van der Waals surface area contributed by atoms with Crippen LogP contribution in [0.3, 0.4) is 0 Å². The Hall–Kier alpha value is -2.76. The fraction of sp³-hybridized carbons (Fsp3) is 0.400. The fourth-order valence-corrected chi connectivity index (χ4v) is 3.25. The largest absolute Gasteiger partial charge is 0.332 e. The Labute approximate surface area is 152 Å². The number of aryl methyl sites for hydroxylation is 1. The van der Waals surface area contributed by atoms with Gasteiger partial charge in [-0.15, -0.1) is 0 Å². The maximum atomic E-state index is 12.7. The number of benzene rings is 1. The summed E-state index contributed by atoms with van der Waals surface area (Å²) in [4.78, 5) is 28.1. The van der Waals surface area contributed by atoms with Crippen LogP contribution in [0.1, 0.15) is 44.3 Å². The molecule has 1 amide bonds. The van der Waals surface area contributed by atoms with Crippen LogP contribution in [0.25, 0.3) is 11.0 Å². The van der Waals surface area contributed by atoms with Crippen molar-refractivity contribution in [2.24, 2.45) is 0 Å². The number of carbonyl (C=O) groups excluding carboxylic acids is 1. The third-order valence-corrected chi connectivity index (χ3v) is 4.77. The number of amides is 1. The summed E-state index contributed by atoms with van der Waals surface area (Å²) >= 11 is 0. The van der Waals surface area contributed by atoms with Gasteiger partial charge in [0.05, 0.1) is 29.6 Å². The molecule has 0 N–H and O–H groups in total. The van der Waals surface area contributed by atoms with Gasteiger partial charge >= 0.3 is 0 Å². The van der Waals surface area contributed by atoms with Gasteiger partial charge in [0.15, 0.2) is 0 Å². The number of aromatic nitrogens is 4. The Bertz CT molecular complexity index is 970. The number of hydrogen-bond donors (Lipinski definition) is 0. The first-order chi connectivity index (χ1) is 12.4. The topological polar surface area (TPSA) is 63.9 Å². The van der Waals surface area contributed by atoms with E-state index in [4.69, 9.17) is 0 Å². The van der Waals surface area contributed by atoms with Crippen molar-refractivity contribution in [3.63, 3.8) is 0 Å². The molecule has 0 saturated heterocycles. The van der Waals surface area contributed by atoms with Crippen molar-refractivity contribution in [2.75, 3.05) is 0 Å². The molecule has 0 unspecified atom stereocenters. The smallest absolute Gasteiger partial charge is 0.225 e. The Balaban J connectivity index is 1.43. The molecule has 1 aliphatic heterocycles. The molecule has 1 aromatic carbocycles. The van der Waals surface area contributed by atoms with E-state index in [-0.39, 0.29) is 11.3 Å². The summed E-state index contributed by atoms with van der Waals surface area (Å²) in [5, 5.41) is 0. The average molecular weight is 349 g/mol. The molecule has 4 rings (SSSR count). The molecular formula is C20H23N5O. The van der Waals surface area contributed by atoms with Crippen molar-refractivity contribution in [3.8, 4) is 0 Å². The van der Waals surface area contributed by atoms with Gasteiger partial charge in [0.25, 0.3) is 0 Å². The normalized spacial score (nSPS) is 14.0. The average Bonchev–Trinajstić information content (AvgIpc) is 3.22. The quantitative estimate of drug-likeness (QED) is 0.729. The Morgan fingerprint density at radius 1 is 1.15 bits per heavy atom. The van der Waals surface area contributed by atoms with Gasteiger partial charge in [-0.3, -0.25) is 4.79 Å². The van der Waals surface area contributed by atoms with Gasteiger partial charge < -0.3 is 9.47 Å². The predicted molar refractivity (Wildman–Crippen MR) is 99.3 cm³/mol. The number of fused-ring (bicyclic) bond motifs is 2. The molecular weight excluding hydrogens is 326 g/mol. The van der Waals surface area contributed by atoms with E-state index in [9.17, 15) is 4.79 Å². The van der Waals surface area contributed by atoms with Crippen LogP contribution in [-0.2, 0) is 29.8 Å². The summed E-state index contributed by atoms with van der Waals surface area (Å²) in [6, 6.07) is 7.97. The molecule has 6 nitrogen and oxygen atoms in total. The lowest BCUT2D eigenvalue weighted by molar-refractivity contribution is -0.132. The monoisotopic (exact) mass is 349 g/mol. The van der Waals surface area contributed by atoms with Crippen LogP contribution < -0.4 is 0 Å². The van der Waals surface area contributed by atoms with Crippen molar-refractivity contribution < 1.29 is 4.79 Å². The van der Waals surface area contributed by atoms with Crippen LogP contribution in [0.4, 0.5) is 0 Å². The summed E-state index contributed by atoms with van der Waals surface area (Å²) in [6.45, 7) is 8.10. The van der Waals surface area contributed by atoms with E-state index in [1.807, 2.05) is 39.9 Å². The van der Waals surface area contributed by atoms with E-state index >= 15 is 0 Å². The second-order valence-corrected chi connectivity index (χ2v) is 7.84. The minimum atomic E-state index is -0.0884. The summed E-state index contributed by atoms with van der Waals surface area (Å²) in [6.07, 6.45) is 4.13. The molecule has 0 aliphatic carbocycles. The number of nitrogens with zero attached hydrogens (tertiary/aromatic N) is 5. The van der Waals surface area contributed by atoms with Crippen molar-refractivity contribution in [1.29, 1.82) is 0 Å². The lowest BCUT2D eigenvalue weighted by Crippen LogP contribution is -2.26. The first-order valence-electron chi connectivity index (χ1n) is 8.95. The molecule has 0 spiro atoms. The van der Waals surface area contributed by atoms with Gasteiger partial charge in [-0.25, -0.2) is 15.0 Å². The first-order valence-corrected chi connectivity index (χ1v) is 8.95. The van der Waals surface area contributed by atoms with Gasteiger partial charge in [0.2, 0.25) is 5.91 Å². The highest BCUT2D eigenvalue weighted by molar-refractivity contribution is 5.78. The second kappa shape index (κ2) is 6.20. The predicted octanol–water partition coefficient (Wildman–Crippen LogP) is 3.06. The molecule has 3 heterocycles. The minimum absolute atomic E-state index is 0.0884. The minimum Gasteiger partial charge on any atom is -0.332 e. The number of para-hydroxylation sites is 2. The summed E-state index contributed by atoms with van der Waals surface area (Å²) in [7, 11) is 0. The number of hydrogen-bond acceptors (Lipinski definition) is 4. The number of carbonyl (C=O) groups is 1. The van der Waals surface area contributed by atoms with Crippen molar-refractivity contribution >= 4 is 16.9 Å². The van der Waals surface area contributed by atoms with Crippen LogP contribution >= 0.6 is 0 Å². The Kier molecular flexibility index (Phi) is 3.98. The fourth-order valence-electron chi connectivity index (χ4n) is 3.25. The molecule has 26 heavy (non-hydrogen) atoms. The molecule has 0 fully saturated rings. The maximum absolute atomic E-state index is 12.7. The lowest BCUT2D eigenvalue weighted by atomic mass is 9.95. The molecule has 2 aromatic heterocycles. The first kappa shape index (κ1) is 16.7. The molecule has 134 valence electrons. The van der Waals surface area contributed by atoms with Gasteiger partial charge in [0, 0.05) is 36.7 Å². The molecule has 0 atom stereocenters. The molecule has 0 radical (unpaired) electrons. The Morgan fingerprint density at radius 2 is 1.96 bits per heavy atom. The van der Waals surface area contributed by atoms with Crippen LogP contribution in [0.5, 0.6) is 0 Å². The Morgan fingerprint density at radius 3 is 2.77 bits per heavy atom. The van der Waals surface area contributed by atoms with E-state index in [0.29, 0.717) is 26.1 Å². The van der Waals surface area contributed by atoms with Gasteiger partial charge in [-0.05, 0) is 12.1 Å². The number of imidazole rings is 1. The van der Waals surface area contributed by atoms with E-state index in [1.165, 1.54) is 0 Å². The molecule has 0 saturated carbocycles. The SMILES string of the molecule is CC(C)(C)c1ncc2c(n1)CN(C(=O)CCn1cnc3ccccc31)C2. The summed E-state index contributed by atoms with van der Waals surface area (Å²) in [5.74, 6) is 0.966. The van der Waals surface area contributed by atoms with Crippen LogP contribution in [0.2, 0.25) is 0 Å². The van der Waals surface area contributed by atoms with E-state index in [1.54, 1.807) is 6.33 Å². The highest BCUT2D eigenvalue weighted by Gasteiger charge is 2.27. The van der Waals surface area contributed by atoms with Crippen molar-refractivity contribution in [3.05, 3.63) is 53.9 Å². The van der Waals surface area contributed by atoms with Crippen molar-refractivity contribution in [2.45, 2.75) is 52.2 Å². The zero-order chi connectivity index (χ0) is 18.3. The van der Waals surface area contributed by atoms with Gasteiger partial charge in [-0.2, -0.15) is 0 Å². The van der Waals surface area contributed by atoms with Crippen LogP contribution in [0.15, 0.2) is 36.8 Å². The molecule has 3 aromatic rings. The molecule has 0 bridgehead atoms. The van der Waals surface area contributed by atoms with Crippen molar-refractivity contribution in [1.82, 2.24) is 24.4 Å². The molecule has 1 aliphatic rings. The van der Waals surface area contributed by atoms with Crippen LogP contribution in [-0.4, -0.2) is 30.3 Å². The molecule has 6 heteroatoms. The third kappa shape index (κ3) is 3.07. The maximum Gasteiger partial charge on any atom is 0.225 e. The van der Waals surface area contributed by atoms with Crippen LogP contribution in [0, 0.1) is 0 Å². The standard InChI is InChI=1S/C20H23N5O/c1-20(2,3)19-21-10-14-11-25(12-16(14)23-19)18(26)8-9-24-13-22-15-6-4-5-7-17(15)24/h4-7,10,13H,8-9,11-12H2,1-3H3.